The molecule has 1 amide bonds. The second-order valence-corrected chi connectivity index (χ2v) is 6.08. The molecule has 0 aliphatic carbocycles. The molecule has 2 aromatic rings. The highest BCUT2D eigenvalue weighted by atomic mass is 18.2. The van der Waals surface area contributed by atoms with Crippen molar-refractivity contribution in [2.45, 2.75) is 25.7 Å². The van der Waals surface area contributed by atoms with Crippen molar-refractivity contribution in [1.82, 2.24) is 9.88 Å². The number of nitrogens with zero attached hydrogens (tertiary/aromatic N) is 2. The summed E-state index contributed by atoms with van der Waals surface area (Å²) in [5.74, 6) is 0.499. The molecule has 3 N–H and O–H groups in total. The molecular formula is C18H20FN3O3. The molecule has 2 atom stereocenters. The van der Waals surface area contributed by atoms with Crippen LogP contribution >= 0.6 is 0 Å². The number of halogens is 1. The topological polar surface area (TPSA) is 88.7 Å². The molecule has 0 unspecified atom stereocenters. The lowest BCUT2D eigenvalue weighted by molar-refractivity contribution is 0.0764. The summed E-state index contributed by atoms with van der Waals surface area (Å²) >= 11 is 0. The molecule has 1 fully saturated rings. The molecule has 6 nitrogen and oxygen atoms in total. The fourth-order valence-corrected chi connectivity index (χ4v) is 2.79. The molecule has 1 aromatic carbocycles. The van der Waals surface area contributed by atoms with Crippen molar-refractivity contribution in [1.29, 1.82) is 0 Å². The quantitative estimate of drug-likeness (QED) is 0.883. The van der Waals surface area contributed by atoms with Crippen molar-refractivity contribution in [3.05, 3.63) is 53.2 Å². The Balaban J connectivity index is 1.78. The van der Waals surface area contributed by atoms with Crippen molar-refractivity contribution in [2.75, 3.05) is 13.1 Å². The van der Waals surface area contributed by atoms with E-state index in [0.717, 1.165) is 11.3 Å². The summed E-state index contributed by atoms with van der Waals surface area (Å²) in [7, 11) is 0. The van der Waals surface area contributed by atoms with Crippen molar-refractivity contribution in [3.63, 3.8) is 0 Å². The number of benzene rings is 1. The maximum Gasteiger partial charge on any atom is 0.254 e. The van der Waals surface area contributed by atoms with E-state index < -0.39 is 12.3 Å². The van der Waals surface area contributed by atoms with Crippen LogP contribution in [0.1, 0.15) is 21.6 Å². The maximum absolute atomic E-state index is 13.4. The van der Waals surface area contributed by atoms with Crippen molar-refractivity contribution in [2.24, 2.45) is 5.73 Å². The Kier molecular flexibility index (Phi) is 4.96. The van der Waals surface area contributed by atoms with Crippen LogP contribution in [0.15, 0.2) is 36.4 Å². The van der Waals surface area contributed by atoms with Crippen LogP contribution in [0.25, 0.3) is 0 Å². The zero-order chi connectivity index (χ0) is 18.0. The second kappa shape index (κ2) is 7.16. The first kappa shape index (κ1) is 17.3. The number of alkyl halides is 1. The number of amides is 1. The summed E-state index contributed by atoms with van der Waals surface area (Å²) in [4.78, 5) is 18.0. The van der Waals surface area contributed by atoms with Gasteiger partial charge in [-0.15, -0.1) is 0 Å². The monoisotopic (exact) mass is 344 g/mol. The van der Waals surface area contributed by atoms with Crippen LogP contribution in [-0.2, 0) is 6.54 Å². The van der Waals surface area contributed by atoms with Crippen LogP contribution in [0, 0.1) is 6.92 Å². The van der Waals surface area contributed by atoms with Crippen LogP contribution in [-0.4, -0.2) is 46.3 Å². The molecule has 1 aliphatic rings. The lowest BCUT2D eigenvalue weighted by atomic mass is 10.2. The van der Waals surface area contributed by atoms with E-state index in [0.29, 0.717) is 23.7 Å². The molecule has 0 saturated carbocycles. The van der Waals surface area contributed by atoms with Gasteiger partial charge in [-0.05, 0) is 36.8 Å². The molecule has 7 heteroatoms. The molecule has 0 bridgehead atoms. The fraction of sp³-hybridized carbons (Fsp3) is 0.333. The maximum atomic E-state index is 13.4. The Morgan fingerprint density at radius 1 is 1.40 bits per heavy atom. The predicted molar refractivity (Wildman–Crippen MR) is 90.2 cm³/mol. The van der Waals surface area contributed by atoms with Crippen molar-refractivity contribution < 1.29 is 19.0 Å². The number of ether oxygens (including phenoxy) is 1. The first-order valence-electron chi connectivity index (χ1n) is 8.03. The zero-order valence-corrected chi connectivity index (χ0v) is 13.9. The SMILES string of the molecule is Cc1cc(CN)cc(Oc2cccc(C(=O)N3C[C@@H](O)[C@H]([18F])C3)c2)n1. The van der Waals surface area contributed by atoms with Gasteiger partial charge >= 0.3 is 0 Å². The number of hydrogen-bond acceptors (Lipinski definition) is 5. The first-order valence-corrected chi connectivity index (χ1v) is 8.03. The van der Waals surface area contributed by atoms with Crippen LogP contribution in [0.3, 0.4) is 0 Å². The zero-order valence-electron chi connectivity index (χ0n) is 13.9. The van der Waals surface area contributed by atoms with Crippen LogP contribution < -0.4 is 10.5 Å². The number of aliphatic hydroxyl groups is 1. The highest BCUT2D eigenvalue weighted by molar-refractivity contribution is 5.94. The highest BCUT2D eigenvalue weighted by Gasteiger charge is 2.34. The van der Waals surface area contributed by atoms with Gasteiger partial charge in [-0.1, -0.05) is 6.07 Å². The minimum Gasteiger partial charge on any atom is -0.439 e. The van der Waals surface area contributed by atoms with Gasteiger partial charge in [0.2, 0.25) is 5.88 Å². The minimum absolute atomic E-state index is 0.00954. The number of aryl methyl sites for hydroxylation is 1. The standard InChI is InChI=1S/C18H20FN3O3/c1-11-5-12(8-20)6-17(21-11)25-14-4-2-3-13(7-14)18(24)22-9-15(19)16(23)10-22/h2-7,15-16,23H,8-10,20H2,1H3/t15-,16-/m1/s1/i19-1. The third-order valence-corrected chi connectivity index (χ3v) is 4.04. The van der Waals surface area contributed by atoms with Crippen molar-refractivity contribution in [3.8, 4) is 11.6 Å². The number of pyridine rings is 1. The van der Waals surface area contributed by atoms with Gasteiger partial charge in [0.25, 0.3) is 5.91 Å². The van der Waals surface area contributed by atoms with Gasteiger partial charge in [-0.25, -0.2) is 9.37 Å². The molecule has 0 spiro atoms. The molecular weight excluding hydrogens is 324 g/mol. The number of rotatable bonds is 4. The number of aromatic nitrogens is 1. The second-order valence-electron chi connectivity index (χ2n) is 6.08. The molecule has 0 radical (unpaired) electrons. The van der Waals surface area contributed by atoms with Gasteiger partial charge in [0.05, 0.1) is 6.54 Å². The molecule has 2 heterocycles. The number of β-amino-alcohol motifs (C(OH)–C–C–N with tert-alkyl or cyclic N) is 1. The Labute approximate surface area is 145 Å². The third-order valence-electron chi connectivity index (χ3n) is 4.04. The summed E-state index contributed by atoms with van der Waals surface area (Å²) in [6, 6.07) is 10.2. The molecule has 1 aromatic heterocycles. The van der Waals surface area contributed by atoms with Gasteiger partial charge < -0.3 is 20.5 Å². The summed E-state index contributed by atoms with van der Waals surface area (Å²) in [6.07, 6.45) is -2.54. The number of likely N-dealkylation sites (tertiary alicyclic amines) is 1. The molecule has 25 heavy (non-hydrogen) atoms. The number of aliphatic hydroxyl groups excluding tert-OH is 1. The molecule has 132 valence electrons. The van der Waals surface area contributed by atoms with E-state index in [1.54, 1.807) is 30.3 Å². The van der Waals surface area contributed by atoms with Gasteiger partial charge in [0, 0.05) is 30.4 Å². The predicted octanol–water partition coefficient (Wildman–Crippen LogP) is 1.80. The fourth-order valence-electron chi connectivity index (χ4n) is 2.79. The van der Waals surface area contributed by atoms with E-state index in [2.05, 4.69) is 4.98 Å². The van der Waals surface area contributed by atoms with E-state index in [4.69, 9.17) is 10.5 Å². The Morgan fingerprint density at radius 3 is 2.88 bits per heavy atom. The molecule has 1 aliphatic heterocycles. The normalized spacial score (nSPS) is 19.9. The summed E-state index contributed by atoms with van der Waals surface area (Å²) < 4.78 is 19.2. The summed E-state index contributed by atoms with van der Waals surface area (Å²) in [5.41, 5.74) is 7.70. The van der Waals surface area contributed by atoms with Gasteiger partial charge in [-0.3, -0.25) is 4.79 Å². The van der Waals surface area contributed by atoms with E-state index in [-0.39, 0.29) is 19.0 Å². The third kappa shape index (κ3) is 3.94. The number of carbonyl (C=O) groups is 1. The Bertz CT molecular complexity index is 774. The Hall–Kier alpha value is -2.51. The smallest absolute Gasteiger partial charge is 0.254 e. The number of nitrogens with two attached hydrogens (primary N) is 1. The molecule has 1 saturated heterocycles. The van der Waals surface area contributed by atoms with Crippen LogP contribution in [0.2, 0.25) is 0 Å². The lowest BCUT2D eigenvalue weighted by Gasteiger charge is -2.15. The van der Waals surface area contributed by atoms with Crippen LogP contribution in [0.4, 0.5) is 4.39 Å². The minimum atomic E-state index is -1.41. The van der Waals surface area contributed by atoms with E-state index in [1.807, 2.05) is 13.0 Å². The number of carbonyl (C=O) groups excluding carboxylic acids is 1. The number of hydrogen-bond donors (Lipinski definition) is 2. The summed E-state index contributed by atoms with van der Waals surface area (Å²) in [6.45, 7) is 2.10. The Morgan fingerprint density at radius 2 is 2.20 bits per heavy atom. The largest absolute Gasteiger partial charge is 0.439 e. The van der Waals surface area contributed by atoms with Gasteiger partial charge in [0.1, 0.15) is 18.0 Å². The average molecular weight is 344 g/mol. The van der Waals surface area contributed by atoms with Gasteiger partial charge in [-0.2, -0.15) is 0 Å². The lowest BCUT2D eigenvalue weighted by Crippen LogP contribution is -2.29. The van der Waals surface area contributed by atoms with Crippen LogP contribution in [0.5, 0.6) is 11.6 Å². The average Bonchev–Trinajstić information content (AvgIpc) is 2.93. The highest BCUT2D eigenvalue weighted by Crippen LogP contribution is 2.24. The van der Waals surface area contributed by atoms with Crippen molar-refractivity contribution >= 4 is 5.91 Å². The first-order chi connectivity index (χ1) is 12.0. The summed E-state index contributed by atoms with van der Waals surface area (Å²) in [5, 5.41) is 9.48. The van der Waals surface area contributed by atoms with E-state index >= 15 is 0 Å². The van der Waals surface area contributed by atoms with E-state index in [9.17, 15) is 14.3 Å². The van der Waals surface area contributed by atoms with E-state index in [1.165, 1.54) is 4.90 Å². The molecule has 3 rings (SSSR count). The van der Waals surface area contributed by atoms with Gasteiger partial charge in [0.15, 0.2) is 0 Å².